The molecule has 2 fully saturated rings. The largest absolute Gasteiger partial charge is 0.510 e. The number of ketones is 1. The second-order valence-electron chi connectivity index (χ2n) is 10.4. The third-order valence-corrected chi connectivity index (χ3v) is 8.31. The van der Waals surface area contributed by atoms with E-state index in [0.717, 1.165) is 24.1 Å². The number of rotatable bonds is 5. The number of fused-ring (bicyclic) bond motifs is 3. The lowest BCUT2D eigenvalue weighted by molar-refractivity contribution is -0.157. The fraction of sp³-hybridized carbons (Fsp3) is 0.538. The molecule has 1 heterocycles. The van der Waals surface area contributed by atoms with Gasteiger partial charge in [0, 0.05) is 38.1 Å². The van der Waals surface area contributed by atoms with Crippen molar-refractivity contribution >= 4 is 17.4 Å². The molecule has 10 heteroatoms. The Hall–Kier alpha value is -2.92. The second-order valence-corrected chi connectivity index (χ2v) is 10.4. The molecule has 0 radical (unpaired) electrons. The Morgan fingerprint density at radius 3 is 2.67 bits per heavy atom. The predicted octanol–water partition coefficient (Wildman–Crippen LogP) is 1.58. The first-order valence-electron chi connectivity index (χ1n) is 12.2. The van der Waals surface area contributed by atoms with E-state index in [9.17, 15) is 24.9 Å². The maximum atomic E-state index is 14.2. The first kappa shape index (κ1) is 24.8. The Kier molecular flexibility index (Phi) is 6.11. The van der Waals surface area contributed by atoms with E-state index in [4.69, 9.17) is 15.3 Å². The Bertz CT molecular complexity index is 1180. The molecular formula is C26H33N3O7. The van der Waals surface area contributed by atoms with Gasteiger partial charge < -0.3 is 25.8 Å². The number of carbonyl (C=O) groups is 2. The van der Waals surface area contributed by atoms with Gasteiger partial charge in [0.1, 0.15) is 22.9 Å². The molecule has 4 aliphatic rings. The third kappa shape index (κ3) is 3.54. The van der Waals surface area contributed by atoms with Gasteiger partial charge in [-0.1, -0.05) is 6.07 Å². The molecule has 0 aromatic heterocycles. The molecule has 1 aromatic rings. The van der Waals surface area contributed by atoms with Gasteiger partial charge in [0.05, 0.1) is 23.8 Å². The number of hydrogen-bond donors (Lipinski definition) is 4. The lowest BCUT2D eigenvalue weighted by atomic mass is 9.57. The number of aliphatic hydroxyl groups excluding tert-OH is 2. The van der Waals surface area contributed by atoms with Crippen molar-refractivity contribution in [3.63, 3.8) is 0 Å². The van der Waals surface area contributed by atoms with E-state index in [2.05, 4.69) is 0 Å². The van der Waals surface area contributed by atoms with Crippen LogP contribution in [0.15, 0.2) is 29.0 Å². The van der Waals surface area contributed by atoms with E-state index in [0.29, 0.717) is 26.0 Å². The van der Waals surface area contributed by atoms with Crippen molar-refractivity contribution < 1.29 is 34.5 Å². The number of phenols is 1. The zero-order valence-electron chi connectivity index (χ0n) is 20.8. The average Bonchev–Trinajstić information content (AvgIpc) is 3.33. The quantitative estimate of drug-likeness (QED) is 0.474. The normalized spacial score (nSPS) is 30.4. The van der Waals surface area contributed by atoms with Crippen LogP contribution in [0.2, 0.25) is 0 Å². The summed E-state index contributed by atoms with van der Waals surface area (Å²) in [6.07, 6.45) is 1.60. The molecule has 194 valence electrons. The maximum absolute atomic E-state index is 14.2. The number of methoxy groups -OCH3 is 1. The summed E-state index contributed by atoms with van der Waals surface area (Å²) in [5, 5.41) is 35.0. The summed E-state index contributed by atoms with van der Waals surface area (Å²) in [5.41, 5.74) is 6.18. The Balaban J connectivity index is 1.64. The Morgan fingerprint density at radius 2 is 2.06 bits per heavy atom. The van der Waals surface area contributed by atoms with Gasteiger partial charge >= 0.3 is 0 Å². The molecule has 1 amide bonds. The smallest absolute Gasteiger partial charge is 0.248 e. The molecule has 10 nitrogen and oxygen atoms in total. The molecule has 3 aliphatic carbocycles. The molecule has 1 saturated carbocycles. The number of benzene rings is 1. The van der Waals surface area contributed by atoms with Gasteiger partial charge in [0.15, 0.2) is 5.78 Å². The third-order valence-electron chi connectivity index (χ3n) is 8.31. The topological polar surface area (TPSA) is 146 Å². The number of carbonyl (C=O) groups excluding carboxylic acids is 2. The van der Waals surface area contributed by atoms with Gasteiger partial charge in [0.2, 0.25) is 5.91 Å². The predicted molar refractivity (Wildman–Crippen MR) is 130 cm³/mol. The van der Waals surface area contributed by atoms with Crippen molar-refractivity contribution in [2.75, 3.05) is 34.4 Å². The Morgan fingerprint density at radius 1 is 1.31 bits per heavy atom. The summed E-state index contributed by atoms with van der Waals surface area (Å²) in [7, 11) is 4.93. The van der Waals surface area contributed by atoms with Crippen molar-refractivity contribution in [1.29, 1.82) is 0 Å². The molecule has 36 heavy (non-hydrogen) atoms. The average molecular weight is 500 g/mol. The number of hydroxylamine groups is 2. The molecule has 1 saturated heterocycles. The highest BCUT2D eigenvalue weighted by Gasteiger charge is 2.61. The van der Waals surface area contributed by atoms with Gasteiger partial charge in [-0.05, 0) is 56.5 Å². The van der Waals surface area contributed by atoms with Crippen LogP contribution in [0.4, 0.5) is 0 Å². The second kappa shape index (κ2) is 8.88. The summed E-state index contributed by atoms with van der Waals surface area (Å²) in [6.45, 7) is 1.95. The first-order chi connectivity index (χ1) is 17.1. The van der Waals surface area contributed by atoms with Gasteiger partial charge in [-0.15, -0.1) is 0 Å². The zero-order chi connectivity index (χ0) is 25.9. The van der Waals surface area contributed by atoms with Crippen molar-refractivity contribution in [2.45, 2.75) is 43.9 Å². The van der Waals surface area contributed by atoms with Crippen LogP contribution in [0.3, 0.4) is 0 Å². The van der Waals surface area contributed by atoms with Gasteiger partial charge in [-0.2, -0.15) is 5.06 Å². The number of amides is 1. The Labute approximate surface area is 209 Å². The molecule has 4 atom stereocenters. The number of primary amides is 1. The van der Waals surface area contributed by atoms with Crippen LogP contribution in [-0.4, -0.2) is 83.0 Å². The van der Waals surface area contributed by atoms with Crippen molar-refractivity contribution in [3.8, 4) is 5.75 Å². The highest BCUT2D eigenvalue weighted by molar-refractivity contribution is 6.10. The van der Waals surface area contributed by atoms with Crippen LogP contribution in [0.5, 0.6) is 5.75 Å². The summed E-state index contributed by atoms with van der Waals surface area (Å²) in [4.78, 5) is 33.8. The molecule has 1 aliphatic heterocycles. The number of phenolic OH excluding ortho intramolecular Hbond substituents is 1. The summed E-state index contributed by atoms with van der Waals surface area (Å²) >= 11 is 0. The van der Waals surface area contributed by atoms with E-state index < -0.39 is 29.3 Å². The van der Waals surface area contributed by atoms with Crippen molar-refractivity contribution in [2.24, 2.45) is 17.6 Å². The molecule has 5 rings (SSSR count). The molecular weight excluding hydrogens is 466 g/mol. The number of hydrogen-bond acceptors (Lipinski definition) is 9. The van der Waals surface area contributed by atoms with E-state index in [1.165, 1.54) is 13.2 Å². The van der Waals surface area contributed by atoms with E-state index in [-0.39, 0.29) is 46.3 Å². The van der Waals surface area contributed by atoms with Gasteiger partial charge in [-0.3, -0.25) is 19.3 Å². The van der Waals surface area contributed by atoms with Crippen LogP contribution in [0.25, 0.3) is 5.76 Å². The van der Waals surface area contributed by atoms with Crippen molar-refractivity contribution in [1.82, 2.24) is 9.96 Å². The molecule has 0 bridgehead atoms. The molecule has 1 aromatic carbocycles. The minimum atomic E-state index is -1.49. The molecule has 0 unspecified atom stereocenters. The van der Waals surface area contributed by atoms with Gasteiger partial charge in [0.25, 0.3) is 0 Å². The highest BCUT2D eigenvalue weighted by Crippen LogP contribution is 2.54. The SMILES string of the molecule is CO[C@@]12CC(C(N)=O)=C(O)[C@H](N(C)C)[C@@H]1C[C@@H]1Cc3c(CN4CCCO4)ccc(O)c3C(O)=C1C2=O. The maximum Gasteiger partial charge on any atom is 0.248 e. The summed E-state index contributed by atoms with van der Waals surface area (Å²) < 4.78 is 5.87. The van der Waals surface area contributed by atoms with Gasteiger partial charge in [-0.25, -0.2) is 0 Å². The van der Waals surface area contributed by atoms with Crippen LogP contribution in [-0.2, 0) is 32.1 Å². The minimum Gasteiger partial charge on any atom is -0.510 e. The monoisotopic (exact) mass is 499 g/mol. The van der Waals surface area contributed by atoms with Crippen molar-refractivity contribution in [3.05, 3.63) is 45.7 Å². The number of nitrogens with zero attached hydrogens (tertiary/aromatic N) is 2. The molecule has 0 spiro atoms. The van der Waals surface area contributed by atoms with Crippen LogP contribution in [0.1, 0.15) is 36.0 Å². The lowest BCUT2D eigenvalue weighted by Gasteiger charge is -2.53. The summed E-state index contributed by atoms with van der Waals surface area (Å²) in [5.74, 6) is -2.62. The molecule has 5 N–H and O–H groups in total. The summed E-state index contributed by atoms with van der Waals surface area (Å²) in [6, 6.07) is 2.68. The number of ether oxygens (including phenoxy) is 1. The fourth-order valence-corrected chi connectivity index (χ4v) is 6.65. The van der Waals surface area contributed by atoms with Crippen LogP contribution in [0, 0.1) is 11.8 Å². The van der Waals surface area contributed by atoms with E-state index >= 15 is 0 Å². The number of aliphatic hydroxyl groups is 2. The highest BCUT2D eigenvalue weighted by atomic mass is 16.7. The van der Waals surface area contributed by atoms with E-state index in [1.807, 2.05) is 11.1 Å². The number of Topliss-reactive ketones (excluding diaryl/α,β-unsaturated/α-hetero) is 1. The standard InChI is InChI=1S/C26H33N3O7/c1-28(2)21-17-10-14-9-15-13(12-29-7-4-8-36-29)5-6-18(30)20(15)23(32)19(14)24(33)26(17,35-3)11-16(22(21)31)25(27)34/h5-6,14,17,21,30-32H,4,7-12H2,1-3H3,(H2,27,34)/t14-,17-,21+,26-/m0/s1. The lowest BCUT2D eigenvalue weighted by Crippen LogP contribution is -2.63. The first-order valence-corrected chi connectivity index (χ1v) is 12.2. The van der Waals surface area contributed by atoms with E-state index in [1.54, 1.807) is 19.0 Å². The fourth-order valence-electron chi connectivity index (χ4n) is 6.65. The van der Waals surface area contributed by atoms with Crippen LogP contribution < -0.4 is 5.73 Å². The number of nitrogens with two attached hydrogens (primary N) is 1. The number of likely N-dealkylation sites (N-methyl/N-ethyl adjacent to an activating group) is 1. The van der Waals surface area contributed by atoms with Crippen LogP contribution >= 0.6 is 0 Å². The zero-order valence-corrected chi connectivity index (χ0v) is 20.8. The number of aromatic hydroxyl groups is 1. The minimum absolute atomic E-state index is 0.0503.